The van der Waals surface area contributed by atoms with Gasteiger partial charge in [-0.1, -0.05) is 18.2 Å². The number of methoxy groups -OCH3 is 2. The van der Waals surface area contributed by atoms with Crippen molar-refractivity contribution in [3.8, 4) is 11.5 Å². The predicted molar refractivity (Wildman–Crippen MR) is 96.2 cm³/mol. The molecule has 0 aliphatic heterocycles. The number of nitrogens with one attached hydrogen (secondary N) is 1. The summed E-state index contributed by atoms with van der Waals surface area (Å²) in [6.07, 6.45) is 0.741. The monoisotopic (exact) mass is 328 g/mol. The Kier molecular flexibility index (Phi) is 6.21. The van der Waals surface area contributed by atoms with E-state index in [0.29, 0.717) is 17.1 Å². The van der Waals surface area contributed by atoms with Gasteiger partial charge in [0.2, 0.25) is 0 Å². The van der Waals surface area contributed by atoms with E-state index < -0.39 is 0 Å². The molecule has 0 radical (unpaired) electrons. The number of nitrogens with zero attached hydrogens (tertiary/aromatic N) is 1. The van der Waals surface area contributed by atoms with E-state index in [2.05, 4.69) is 10.2 Å². The maximum absolute atomic E-state index is 12.7. The molecule has 5 nitrogen and oxygen atoms in total. The number of anilines is 1. The molecule has 0 bridgehead atoms. The zero-order valence-electron chi connectivity index (χ0n) is 14.6. The van der Waals surface area contributed by atoms with Crippen molar-refractivity contribution in [2.75, 3.05) is 40.2 Å². The highest BCUT2D eigenvalue weighted by Gasteiger charge is 2.17. The van der Waals surface area contributed by atoms with Crippen LogP contribution in [0.1, 0.15) is 15.9 Å². The lowest BCUT2D eigenvalue weighted by Gasteiger charge is -2.16. The Morgan fingerprint density at radius 3 is 2.25 bits per heavy atom. The smallest absolute Gasteiger partial charge is 0.256 e. The number of rotatable bonds is 7. The van der Waals surface area contributed by atoms with Crippen LogP contribution in [0.5, 0.6) is 11.5 Å². The first-order chi connectivity index (χ1) is 11.5. The normalized spacial score (nSPS) is 10.5. The highest BCUT2D eigenvalue weighted by Crippen LogP contribution is 2.31. The molecule has 2 aromatic rings. The van der Waals surface area contributed by atoms with Crippen LogP contribution in [0.2, 0.25) is 0 Å². The molecule has 2 rings (SSSR count). The van der Waals surface area contributed by atoms with Gasteiger partial charge in [-0.15, -0.1) is 0 Å². The second-order valence-corrected chi connectivity index (χ2v) is 5.74. The number of hydrogen-bond donors (Lipinski definition) is 1. The van der Waals surface area contributed by atoms with Crippen LogP contribution in [0.25, 0.3) is 0 Å². The van der Waals surface area contributed by atoms with Crippen molar-refractivity contribution in [1.29, 1.82) is 0 Å². The van der Waals surface area contributed by atoms with Gasteiger partial charge in [-0.25, -0.2) is 0 Å². The van der Waals surface area contributed by atoms with Crippen LogP contribution in [0, 0.1) is 0 Å². The molecule has 0 atom stereocenters. The molecule has 0 unspecified atom stereocenters. The number of carbonyl (C=O) groups is 1. The van der Waals surface area contributed by atoms with Crippen molar-refractivity contribution in [3.05, 3.63) is 53.6 Å². The highest BCUT2D eigenvalue weighted by atomic mass is 16.5. The third-order valence-electron chi connectivity index (χ3n) is 3.71. The maximum Gasteiger partial charge on any atom is 0.256 e. The molecule has 1 amide bonds. The van der Waals surface area contributed by atoms with E-state index in [9.17, 15) is 4.79 Å². The van der Waals surface area contributed by atoms with Gasteiger partial charge >= 0.3 is 0 Å². The van der Waals surface area contributed by atoms with E-state index in [0.717, 1.165) is 24.2 Å². The zero-order chi connectivity index (χ0) is 17.5. The average molecular weight is 328 g/mol. The van der Waals surface area contributed by atoms with Crippen LogP contribution in [-0.4, -0.2) is 45.7 Å². The predicted octanol–water partition coefficient (Wildman–Crippen LogP) is 3.06. The van der Waals surface area contributed by atoms with Gasteiger partial charge in [0.15, 0.2) is 11.5 Å². The van der Waals surface area contributed by atoms with E-state index in [1.165, 1.54) is 0 Å². The van der Waals surface area contributed by atoms with E-state index in [-0.39, 0.29) is 5.91 Å². The molecule has 0 saturated carbocycles. The van der Waals surface area contributed by atoms with E-state index in [4.69, 9.17) is 9.47 Å². The molecule has 0 aliphatic carbocycles. The topological polar surface area (TPSA) is 50.8 Å². The molecule has 128 valence electrons. The fourth-order valence-electron chi connectivity index (χ4n) is 2.40. The number of amides is 1. The van der Waals surface area contributed by atoms with Crippen LogP contribution < -0.4 is 14.8 Å². The van der Waals surface area contributed by atoms with Crippen molar-refractivity contribution >= 4 is 11.6 Å². The fraction of sp³-hybridized carbons (Fsp3) is 0.316. The van der Waals surface area contributed by atoms with E-state index in [1.54, 1.807) is 20.3 Å². The Bertz CT molecular complexity index is 685. The standard InChI is InChI=1S/C19H24N2O3/c1-21(2)11-10-14-12-17(23-3)18(24-4)13-16(14)19(22)20-15-8-6-5-7-9-15/h5-9,12-13H,10-11H2,1-4H3,(H,20,22). The molecule has 0 heterocycles. The molecule has 2 aromatic carbocycles. The van der Waals surface area contributed by atoms with E-state index in [1.807, 2.05) is 50.5 Å². The van der Waals surface area contributed by atoms with Crippen LogP contribution >= 0.6 is 0 Å². The van der Waals surface area contributed by atoms with Gasteiger partial charge in [-0.2, -0.15) is 0 Å². The summed E-state index contributed by atoms with van der Waals surface area (Å²) in [6, 6.07) is 13.0. The van der Waals surface area contributed by atoms with Crippen LogP contribution in [0.4, 0.5) is 5.69 Å². The Morgan fingerprint density at radius 2 is 1.67 bits per heavy atom. The average Bonchev–Trinajstić information content (AvgIpc) is 2.59. The minimum absolute atomic E-state index is 0.157. The first-order valence-electron chi connectivity index (χ1n) is 7.81. The molecule has 0 spiro atoms. The number of benzene rings is 2. The van der Waals surface area contributed by atoms with Gasteiger partial charge in [0, 0.05) is 17.8 Å². The molecular weight excluding hydrogens is 304 g/mol. The van der Waals surface area contributed by atoms with E-state index >= 15 is 0 Å². The molecule has 0 aromatic heterocycles. The Labute approximate surface area is 143 Å². The van der Waals surface area contributed by atoms with Gasteiger partial charge in [-0.05, 0) is 50.3 Å². The highest BCUT2D eigenvalue weighted by molar-refractivity contribution is 6.05. The molecule has 0 fully saturated rings. The van der Waals surface area contributed by atoms with Gasteiger partial charge in [0.25, 0.3) is 5.91 Å². The number of carbonyl (C=O) groups excluding carboxylic acids is 1. The summed E-state index contributed by atoms with van der Waals surface area (Å²) in [5.74, 6) is 1.02. The Balaban J connectivity index is 2.35. The Hall–Kier alpha value is -2.53. The first kappa shape index (κ1) is 17.8. The lowest BCUT2D eigenvalue weighted by Crippen LogP contribution is -2.19. The van der Waals surface area contributed by atoms with Gasteiger partial charge in [0.05, 0.1) is 14.2 Å². The molecule has 24 heavy (non-hydrogen) atoms. The summed E-state index contributed by atoms with van der Waals surface area (Å²) in [5.41, 5.74) is 2.28. The molecular formula is C19H24N2O3. The number of ether oxygens (including phenoxy) is 2. The summed E-state index contributed by atoms with van der Waals surface area (Å²) in [4.78, 5) is 14.8. The minimum Gasteiger partial charge on any atom is -0.493 e. The maximum atomic E-state index is 12.7. The van der Waals surface area contributed by atoms with Crippen molar-refractivity contribution in [2.45, 2.75) is 6.42 Å². The lowest BCUT2D eigenvalue weighted by molar-refractivity contribution is 0.102. The van der Waals surface area contributed by atoms with Crippen LogP contribution in [0.15, 0.2) is 42.5 Å². The molecule has 5 heteroatoms. The van der Waals surface area contributed by atoms with Crippen molar-refractivity contribution in [3.63, 3.8) is 0 Å². The van der Waals surface area contributed by atoms with Gasteiger partial charge < -0.3 is 19.7 Å². The van der Waals surface area contributed by atoms with Crippen molar-refractivity contribution in [1.82, 2.24) is 4.90 Å². The summed E-state index contributed by atoms with van der Waals surface area (Å²) in [5, 5.41) is 2.93. The zero-order valence-corrected chi connectivity index (χ0v) is 14.6. The van der Waals surface area contributed by atoms with Crippen molar-refractivity contribution < 1.29 is 14.3 Å². The fourth-order valence-corrected chi connectivity index (χ4v) is 2.40. The van der Waals surface area contributed by atoms with Crippen LogP contribution in [0.3, 0.4) is 0 Å². The summed E-state index contributed by atoms with van der Waals surface area (Å²) < 4.78 is 10.7. The summed E-state index contributed by atoms with van der Waals surface area (Å²) in [6.45, 7) is 0.834. The quantitative estimate of drug-likeness (QED) is 0.849. The third-order valence-corrected chi connectivity index (χ3v) is 3.71. The Morgan fingerprint density at radius 1 is 1.04 bits per heavy atom. The molecule has 0 saturated heterocycles. The molecule has 1 N–H and O–H groups in total. The number of hydrogen-bond acceptors (Lipinski definition) is 4. The van der Waals surface area contributed by atoms with Crippen molar-refractivity contribution in [2.24, 2.45) is 0 Å². The third kappa shape index (κ3) is 4.49. The summed E-state index contributed by atoms with van der Waals surface area (Å²) in [7, 11) is 7.17. The second kappa shape index (κ2) is 8.36. The number of likely N-dealkylation sites (N-methyl/N-ethyl adjacent to an activating group) is 1. The summed E-state index contributed by atoms with van der Waals surface area (Å²) >= 11 is 0. The first-order valence-corrected chi connectivity index (χ1v) is 7.81. The second-order valence-electron chi connectivity index (χ2n) is 5.74. The number of para-hydroxylation sites is 1. The lowest BCUT2D eigenvalue weighted by atomic mass is 10.0. The van der Waals surface area contributed by atoms with Crippen LogP contribution in [-0.2, 0) is 6.42 Å². The van der Waals surface area contributed by atoms with Gasteiger partial charge in [-0.3, -0.25) is 4.79 Å². The van der Waals surface area contributed by atoms with Gasteiger partial charge in [0.1, 0.15) is 0 Å². The molecule has 0 aliphatic rings. The minimum atomic E-state index is -0.157. The SMILES string of the molecule is COc1cc(CCN(C)C)c(C(=O)Nc2ccccc2)cc1OC. The largest absolute Gasteiger partial charge is 0.493 e.